The van der Waals surface area contributed by atoms with E-state index >= 15 is 0 Å². The van der Waals surface area contributed by atoms with Gasteiger partial charge in [-0.2, -0.15) is 13.2 Å². The van der Waals surface area contributed by atoms with Crippen LogP contribution in [-0.4, -0.2) is 28.8 Å². The minimum atomic E-state index is -4.61. The van der Waals surface area contributed by atoms with Gasteiger partial charge in [0.15, 0.2) is 0 Å². The summed E-state index contributed by atoms with van der Waals surface area (Å²) in [5, 5.41) is 11.8. The fourth-order valence-electron chi connectivity index (χ4n) is 3.57. The molecule has 186 valence electrons. The number of pyridine rings is 1. The number of alkyl halides is 3. The molecule has 6 nitrogen and oxygen atoms in total. The first-order valence-corrected chi connectivity index (χ1v) is 11.1. The zero-order valence-electron chi connectivity index (χ0n) is 19.6. The Morgan fingerprint density at radius 2 is 1.80 bits per heavy atom. The first-order valence-electron chi connectivity index (χ1n) is 11.1. The molecule has 1 heterocycles. The van der Waals surface area contributed by atoms with Gasteiger partial charge in [-0.1, -0.05) is 44.2 Å². The molecule has 0 bridgehead atoms. The van der Waals surface area contributed by atoms with Crippen molar-refractivity contribution in [2.75, 3.05) is 13.2 Å². The van der Waals surface area contributed by atoms with Gasteiger partial charge in [0.25, 0.3) is 11.5 Å². The molecule has 3 rings (SSSR count). The van der Waals surface area contributed by atoms with Crippen LogP contribution < -0.4 is 15.6 Å². The largest absolute Gasteiger partial charge is 0.489 e. The molecule has 0 unspecified atom stereocenters. The van der Waals surface area contributed by atoms with Crippen LogP contribution in [-0.2, 0) is 12.7 Å². The van der Waals surface area contributed by atoms with Gasteiger partial charge in [0, 0.05) is 18.3 Å². The molecule has 2 N–H and O–H groups in total. The second-order valence-electron chi connectivity index (χ2n) is 8.35. The van der Waals surface area contributed by atoms with Gasteiger partial charge in [0.2, 0.25) is 0 Å². The van der Waals surface area contributed by atoms with Gasteiger partial charge < -0.3 is 15.2 Å². The van der Waals surface area contributed by atoms with Crippen LogP contribution >= 0.6 is 0 Å². The second-order valence-corrected chi connectivity index (χ2v) is 8.35. The number of hydrogen-bond donors (Lipinski definition) is 2. The van der Waals surface area contributed by atoms with Crippen LogP contribution in [0.3, 0.4) is 0 Å². The van der Waals surface area contributed by atoms with Crippen molar-refractivity contribution in [3.05, 3.63) is 92.9 Å². The molecule has 0 fully saturated rings. The highest BCUT2D eigenvalue weighted by molar-refractivity contribution is 5.94. The number of amides is 1. The second kappa shape index (κ2) is 10.8. The predicted octanol–water partition coefficient (Wildman–Crippen LogP) is 4.59. The molecule has 0 saturated heterocycles. The predicted molar refractivity (Wildman–Crippen MR) is 126 cm³/mol. The maximum absolute atomic E-state index is 13.3. The normalized spacial score (nSPS) is 11.5. The quantitative estimate of drug-likeness (QED) is 0.486. The highest BCUT2D eigenvalue weighted by atomic mass is 19.4. The Balaban J connectivity index is 1.99. The Hall–Kier alpha value is -3.59. The van der Waals surface area contributed by atoms with E-state index in [-0.39, 0.29) is 42.5 Å². The molecule has 0 aliphatic rings. The van der Waals surface area contributed by atoms with Crippen LogP contribution in [0, 0.1) is 6.92 Å². The van der Waals surface area contributed by atoms with Crippen molar-refractivity contribution in [3.63, 3.8) is 0 Å². The summed E-state index contributed by atoms with van der Waals surface area (Å²) in [4.78, 5) is 26.2. The summed E-state index contributed by atoms with van der Waals surface area (Å²) in [5.74, 6) is -0.238. The number of benzene rings is 2. The SMILES string of the molecule is Cc1c(OCCO)cc(C(=O)NCc2ccc(C(C)C)cc2)c(=O)n1-c1cccc(C(F)(F)F)c1. The third kappa shape index (κ3) is 6.10. The minimum absolute atomic E-state index is 0.0601. The Morgan fingerprint density at radius 3 is 2.40 bits per heavy atom. The van der Waals surface area contributed by atoms with Crippen molar-refractivity contribution in [1.29, 1.82) is 0 Å². The van der Waals surface area contributed by atoms with Gasteiger partial charge in [-0.25, -0.2) is 0 Å². The van der Waals surface area contributed by atoms with Crippen molar-refractivity contribution in [2.24, 2.45) is 0 Å². The van der Waals surface area contributed by atoms with E-state index in [1.807, 2.05) is 24.3 Å². The fraction of sp³-hybridized carbons (Fsp3) is 0.308. The van der Waals surface area contributed by atoms with E-state index in [1.54, 1.807) is 0 Å². The van der Waals surface area contributed by atoms with Crippen molar-refractivity contribution in [2.45, 2.75) is 39.4 Å². The van der Waals surface area contributed by atoms with Crippen molar-refractivity contribution in [3.8, 4) is 11.4 Å². The Kier molecular flexibility index (Phi) is 8.01. The molecule has 0 atom stereocenters. The molecule has 0 aliphatic carbocycles. The maximum atomic E-state index is 13.3. The molecule has 3 aromatic rings. The molecule has 0 aliphatic heterocycles. The smallest absolute Gasteiger partial charge is 0.416 e. The average molecular weight is 489 g/mol. The van der Waals surface area contributed by atoms with E-state index in [2.05, 4.69) is 19.2 Å². The molecular formula is C26H27F3N2O4. The van der Waals surface area contributed by atoms with E-state index < -0.39 is 23.2 Å². The number of hydrogen-bond acceptors (Lipinski definition) is 4. The zero-order chi connectivity index (χ0) is 25.8. The minimum Gasteiger partial charge on any atom is -0.489 e. The zero-order valence-corrected chi connectivity index (χ0v) is 19.6. The lowest BCUT2D eigenvalue weighted by Gasteiger charge is -2.18. The Morgan fingerprint density at radius 1 is 1.11 bits per heavy atom. The highest BCUT2D eigenvalue weighted by Gasteiger charge is 2.31. The lowest BCUT2D eigenvalue weighted by atomic mass is 10.0. The Labute approximate surface area is 201 Å². The number of carbonyl (C=O) groups excluding carboxylic acids is 1. The third-order valence-corrected chi connectivity index (χ3v) is 5.53. The van der Waals surface area contributed by atoms with Gasteiger partial charge in [0.05, 0.1) is 17.9 Å². The summed E-state index contributed by atoms with van der Waals surface area (Å²) in [6, 6.07) is 13.2. The van der Waals surface area contributed by atoms with Crippen LogP contribution in [0.25, 0.3) is 5.69 Å². The molecule has 0 saturated carbocycles. The maximum Gasteiger partial charge on any atom is 0.416 e. The summed E-state index contributed by atoms with van der Waals surface area (Å²) in [7, 11) is 0. The molecule has 1 aromatic heterocycles. The van der Waals surface area contributed by atoms with Gasteiger partial charge >= 0.3 is 6.18 Å². The number of rotatable bonds is 8. The van der Waals surface area contributed by atoms with Gasteiger partial charge in [0.1, 0.15) is 17.9 Å². The average Bonchev–Trinajstić information content (AvgIpc) is 2.82. The highest BCUT2D eigenvalue weighted by Crippen LogP contribution is 2.31. The van der Waals surface area contributed by atoms with E-state index in [4.69, 9.17) is 9.84 Å². The first kappa shape index (κ1) is 26.0. The standard InChI is InChI=1S/C26H27F3N2O4/c1-16(2)19-9-7-18(8-10-19)15-30-24(33)22-14-23(35-12-11-32)17(3)31(25(22)34)21-6-4-5-20(13-21)26(27,28)29/h4-10,13-14,16,32H,11-12,15H2,1-3H3,(H,30,33). The van der Waals surface area contributed by atoms with Gasteiger partial charge in [-0.15, -0.1) is 0 Å². The number of aliphatic hydroxyl groups is 1. The number of aromatic nitrogens is 1. The third-order valence-electron chi connectivity index (χ3n) is 5.53. The molecular weight excluding hydrogens is 461 g/mol. The van der Waals surface area contributed by atoms with E-state index in [9.17, 15) is 22.8 Å². The van der Waals surface area contributed by atoms with Crippen LogP contribution in [0.4, 0.5) is 13.2 Å². The number of aliphatic hydroxyl groups excluding tert-OH is 1. The van der Waals surface area contributed by atoms with E-state index in [0.717, 1.165) is 27.8 Å². The van der Waals surface area contributed by atoms with Crippen LogP contribution in [0.1, 0.15) is 52.5 Å². The molecule has 9 heteroatoms. The van der Waals surface area contributed by atoms with E-state index in [1.165, 1.54) is 25.1 Å². The van der Waals surface area contributed by atoms with Crippen LogP contribution in [0.5, 0.6) is 5.75 Å². The number of halogens is 3. The number of nitrogens with one attached hydrogen (secondary N) is 1. The summed E-state index contributed by atoms with van der Waals surface area (Å²) >= 11 is 0. The van der Waals surface area contributed by atoms with Crippen LogP contribution in [0.15, 0.2) is 59.4 Å². The first-order chi connectivity index (χ1) is 16.5. The Bertz CT molecular complexity index is 1250. The lowest BCUT2D eigenvalue weighted by molar-refractivity contribution is -0.137. The van der Waals surface area contributed by atoms with Gasteiger partial charge in [-0.3, -0.25) is 14.2 Å². The van der Waals surface area contributed by atoms with E-state index in [0.29, 0.717) is 5.92 Å². The lowest BCUT2D eigenvalue weighted by Crippen LogP contribution is -2.33. The molecule has 35 heavy (non-hydrogen) atoms. The van der Waals surface area contributed by atoms with Crippen molar-refractivity contribution >= 4 is 5.91 Å². The topological polar surface area (TPSA) is 80.6 Å². The molecule has 1 amide bonds. The summed E-state index contributed by atoms with van der Waals surface area (Å²) < 4.78 is 46.3. The molecule has 2 aromatic carbocycles. The molecule has 0 radical (unpaired) electrons. The number of ether oxygens (including phenoxy) is 1. The van der Waals surface area contributed by atoms with Gasteiger partial charge in [-0.05, 0) is 42.2 Å². The van der Waals surface area contributed by atoms with Crippen molar-refractivity contribution < 1.29 is 27.8 Å². The number of carbonyl (C=O) groups is 1. The van der Waals surface area contributed by atoms with Crippen LogP contribution in [0.2, 0.25) is 0 Å². The summed E-state index contributed by atoms with van der Waals surface area (Å²) in [6.45, 7) is 5.34. The van der Waals surface area contributed by atoms with Crippen molar-refractivity contribution in [1.82, 2.24) is 9.88 Å². The molecule has 0 spiro atoms. The number of nitrogens with zero attached hydrogens (tertiary/aromatic N) is 1. The summed E-state index contributed by atoms with van der Waals surface area (Å²) in [6.07, 6.45) is -4.61. The monoisotopic (exact) mass is 488 g/mol. The fourth-order valence-corrected chi connectivity index (χ4v) is 3.57. The summed E-state index contributed by atoms with van der Waals surface area (Å²) in [5.41, 5.74) is 0.0983.